The second-order valence-corrected chi connectivity index (χ2v) is 3.18. The molecule has 3 rings (SSSR count). The molecular weight excluding hydrogens is 194 g/mol. The minimum Gasteiger partial charge on any atom is -0.344 e. The van der Waals surface area contributed by atoms with Gasteiger partial charge in [0.05, 0.1) is 6.61 Å². The van der Waals surface area contributed by atoms with Crippen LogP contribution in [0.3, 0.4) is 0 Å². The number of aromatic amines is 2. The largest absolute Gasteiger partial charge is 0.344 e. The lowest BCUT2D eigenvalue weighted by molar-refractivity contribution is 0.216. The molecule has 0 aliphatic carbocycles. The molecule has 0 atom stereocenters. The monoisotopic (exact) mass is 204 g/mol. The summed E-state index contributed by atoms with van der Waals surface area (Å²) < 4.78 is 5.53. The summed E-state index contributed by atoms with van der Waals surface area (Å²) in [4.78, 5) is 9.21. The lowest BCUT2D eigenvalue weighted by Gasteiger charge is -2.18. The Labute approximate surface area is 86.3 Å². The van der Waals surface area contributed by atoms with Crippen molar-refractivity contribution < 1.29 is 4.74 Å². The molecule has 15 heavy (non-hydrogen) atoms. The van der Waals surface area contributed by atoms with Gasteiger partial charge in [0.15, 0.2) is 0 Å². The molecule has 0 spiro atoms. The Morgan fingerprint density at radius 1 is 1.40 bits per heavy atom. The number of nitrogens with zero attached hydrogens (tertiary/aromatic N) is 3. The molecule has 1 fully saturated rings. The maximum atomic E-state index is 5.53. The van der Waals surface area contributed by atoms with Crippen molar-refractivity contribution in [3.63, 3.8) is 0 Å². The Morgan fingerprint density at radius 3 is 3.13 bits per heavy atom. The lowest BCUT2D eigenvalue weighted by atomic mass is 10.3. The van der Waals surface area contributed by atoms with E-state index >= 15 is 0 Å². The number of hydrogen-bond acceptors (Lipinski definition) is 4. The third-order valence-electron chi connectivity index (χ3n) is 2.26. The number of nitrogens with one attached hydrogen (secondary N) is 2. The molecule has 3 heterocycles. The van der Waals surface area contributed by atoms with Gasteiger partial charge in [-0.2, -0.15) is 5.10 Å². The van der Waals surface area contributed by atoms with Gasteiger partial charge in [-0.25, -0.2) is 4.98 Å². The highest BCUT2D eigenvalue weighted by molar-refractivity contribution is 5.42. The zero-order valence-corrected chi connectivity index (χ0v) is 7.97. The first kappa shape index (κ1) is 8.49. The fourth-order valence-electron chi connectivity index (χ4n) is 1.61. The van der Waals surface area contributed by atoms with E-state index in [9.17, 15) is 0 Å². The zero-order valence-electron chi connectivity index (χ0n) is 7.97. The van der Waals surface area contributed by atoms with Gasteiger partial charge in [0.1, 0.15) is 5.69 Å². The first-order valence-electron chi connectivity index (χ1n) is 4.72. The van der Waals surface area contributed by atoms with Crippen LogP contribution in [-0.4, -0.2) is 33.3 Å². The number of rotatable bonds is 2. The maximum absolute atomic E-state index is 5.53. The van der Waals surface area contributed by atoms with Crippen molar-refractivity contribution in [2.45, 2.75) is 0 Å². The Kier molecular flexibility index (Phi) is 1.92. The number of aromatic nitrogens is 4. The smallest absolute Gasteiger partial charge is 0.244 e. The number of imidazole rings is 1. The molecule has 0 aromatic carbocycles. The van der Waals surface area contributed by atoms with Crippen molar-refractivity contribution >= 4 is 5.95 Å². The number of hydrogen-bond donors (Lipinski definition) is 2. The van der Waals surface area contributed by atoms with Gasteiger partial charge in [-0.15, -0.1) is 0 Å². The maximum Gasteiger partial charge on any atom is 0.244 e. The van der Waals surface area contributed by atoms with Gasteiger partial charge >= 0.3 is 0 Å². The van der Waals surface area contributed by atoms with E-state index in [2.05, 4.69) is 20.2 Å². The second-order valence-electron chi connectivity index (χ2n) is 3.18. The van der Waals surface area contributed by atoms with E-state index in [0.29, 0.717) is 6.61 Å². The molecule has 6 nitrogen and oxygen atoms in total. The van der Waals surface area contributed by atoms with E-state index in [0.717, 1.165) is 24.4 Å². The van der Waals surface area contributed by atoms with Gasteiger partial charge in [-0.1, -0.05) is 0 Å². The van der Waals surface area contributed by atoms with Crippen molar-refractivity contribution in [3.05, 3.63) is 36.6 Å². The highest BCUT2D eigenvalue weighted by Crippen LogP contribution is 2.27. The van der Waals surface area contributed by atoms with Crippen LogP contribution in [0.4, 0.5) is 5.95 Å². The van der Waals surface area contributed by atoms with Crippen LogP contribution in [-0.2, 0) is 4.74 Å². The van der Waals surface area contributed by atoms with Crippen LogP contribution in [0.25, 0.3) is 0 Å². The molecule has 1 aliphatic rings. The number of ether oxygens (including phenoxy) is 1. The summed E-state index contributed by atoms with van der Waals surface area (Å²) in [5, 5.41) is 6.85. The fraction of sp³-hybridized carbons (Fsp3) is 0.222. The average molecular weight is 204 g/mol. The topological polar surface area (TPSA) is 69.8 Å². The van der Waals surface area contributed by atoms with Crippen molar-refractivity contribution in [2.24, 2.45) is 0 Å². The SMILES string of the molecule is c1c[nH]c(N2CCO[C]2c2cc[nH]n2)n1. The van der Waals surface area contributed by atoms with E-state index in [1.54, 1.807) is 18.6 Å². The first-order chi connectivity index (χ1) is 7.45. The highest BCUT2D eigenvalue weighted by atomic mass is 16.5. The summed E-state index contributed by atoms with van der Waals surface area (Å²) in [5.74, 6) is 0.783. The molecule has 1 aliphatic heterocycles. The van der Waals surface area contributed by atoms with Crippen molar-refractivity contribution in [3.8, 4) is 0 Å². The first-order valence-corrected chi connectivity index (χ1v) is 4.72. The molecule has 2 aromatic rings. The lowest BCUT2D eigenvalue weighted by Crippen LogP contribution is -2.25. The summed E-state index contributed by atoms with van der Waals surface area (Å²) >= 11 is 0. The molecular formula is C9H10N5O. The van der Waals surface area contributed by atoms with Gasteiger partial charge < -0.3 is 14.6 Å². The van der Waals surface area contributed by atoms with E-state index < -0.39 is 0 Å². The molecule has 1 saturated heterocycles. The van der Waals surface area contributed by atoms with Crippen LogP contribution >= 0.6 is 0 Å². The Hall–Kier alpha value is -1.82. The van der Waals surface area contributed by atoms with Crippen LogP contribution in [0.5, 0.6) is 0 Å². The van der Waals surface area contributed by atoms with Crippen LogP contribution in [0, 0.1) is 6.23 Å². The molecule has 6 heteroatoms. The molecule has 1 radical (unpaired) electrons. The zero-order chi connectivity index (χ0) is 10.1. The van der Waals surface area contributed by atoms with Crippen LogP contribution in [0.1, 0.15) is 5.69 Å². The third kappa shape index (κ3) is 1.39. The number of H-pyrrole nitrogens is 2. The van der Waals surface area contributed by atoms with Crippen molar-refractivity contribution in [2.75, 3.05) is 18.1 Å². The van der Waals surface area contributed by atoms with Crippen molar-refractivity contribution in [1.82, 2.24) is 20.2 Å². The molecule has 2 aromatic heterocycles. The minimum atomic E-state index is 0.656. The summed E-state index contributed by atoms with van der Waals surface area (Å²) in [6, 6.07) is 1.87. The summed E-state index contributed by atoms with van der Waals surface area (Å²) in [5.41, 5.74) is 0.795. The normalized spacial score (nSPS) is 17.5. The Bertz CT molecular complexity index is 369. The summed E-state index contributed by atoms with van der Waals surface area (Å²) in [7, 11) is 0. The van der Waals surface area contributed by atoms with Gasteiger partial charge in [0.25, 0.3) is 0 Å². The van der Waals surface area contributed by atoms with Crippen molar-refractivity contribution in [1.29, 1.82) is 0 Å². The molecule has 0 bridgehead atoms. The quantitative estimate of drug-likeness (QED) is 0.747. The van der Waals surface area contributed by atoms with E-state index in [4.69, 9.17) is 4.74 Å². The molecule has 0 saturated carbocycles. The van der Waals surface area contributed by atoms with Crippen LogP contribution in [0.2, 0.25) is 0 Å². The summed E-state index contributed by atoms with van der Waals surface area (Å²) in [6.45, 7) is 1.44. The van der Waals surface area contributed by atoms with Gasteiger partial charge in [-0.3, -0.25) is 5.10 Å². The highest BCUT2D eigenvalue weighted by Gasteiger charge is 2.31. The van der Waals surface area contributed by atoms with Gasteiger partial charge in [0.2, 0.25) is 12.2 Å². The average Bonchev–Trinajstić information content (AvgIpc) is 3.01. The van der Waals surface area contributed by atoms with E-state index in [1.807, 2.05) is 11.0 Å². The van der Waals surface area contributed by atoms with Crippen LogP contribution < -0.4 is 4.90 Å². The Balaban J connectivity index is 1.90. The molecule has 0 unspecified atom stereocenters. The van der Waals surface area contributed by atoms with Gasteiger partial charge in [0, 0.05) is 25.1 Å². The third-order valence-corrected chi connectivity index (χ3v) is 2.26. The predicted octanol–water partition coefficient (Wildman–Crippen LogP) is 0.507. The minimum absolute atomic E-state index is 0.656. The summed E-state index contributed by atoms with van der Waals surface area (Å²) in [6.07, 6.45) is 6.02. The molecule has 2 N–H and O–H groups in total. The predicted molar refractivity (Wildman–Crippen MR) is 52.8 cm³/mol. The number of anilines is 1. The van der Waals surface area contributed by atoms with E-state index in [-0.39, 0.29) is 0 Å². The molecule has 77 valence electrons. The van der Waals surface area contributed by atoms with Crippen LogP contribution in [0.15, 0.2) is 24.7 Å². The Morgan fingerprint density at radius 2 is 2.40 bits per heavy atom. The van der Waals surface area contributed by atoms with E-state index in [1.165, 1.54) is 0 Å². The second kappa shape index (κ2) is 3.39. The molecule has 0 amide bonds. The standard InChI is InChI=1S/C9H10N5O/c1-2-12-13-7(1)8-14(5-6-15-8)9-10-3-4-11-9/h1-4H,5-6H2,(H,10,11)(H,12,13). The van der Waals surface area contributed by atoms with Gasteiger partial charge in [-0.05, 0) is 6.07 Å². The fourth-order valence-corrected chi connectivity index (χ4v) is 1.61.